The van der Waals surface area contributed by atoms with Crippen LogP contribution in [0.4, 0.5) is 0 Å². The van der Waals surface area contributed by atoms with Gasteiger partial charge in [0, 0.05) is 19.5 Å². The van der Waals surface area contributed by atoms with Crippen LogP contribution in [0.1, 0.15) is 37.4 Å². The fourth-order valence-corrected chi connectivity index (χ4v) is 3.23. The van der Waals surface area contributed by atoms with Crippen molar-refractivity contribution in [3.63, 3.8) is 0 Å². The molecule has 7 heteroatoms. The number of aryl methyl sites for hydroxylation is 2. The van der Waals surface area contributed by atoms with Gasteiger partial charge in [-0.25, -0.2) is 4.98 Å². The van der Waals surface area contributed by atoms with Gasteiger partial charge in [0.15, 0.2) is 6.61 Å². The average Bonchev–Trinajstić information content (AvgIpc) is 2.80. The van der Waals surface area contributed by atoms with Crippen LogP contribution >= 0.6 is 0 Å². The summed E-state index contributed by atoms with van der Waals surface area (Å²) >= 11 is 0. The van der Waals surface area contributed by atoms with Crippen molar-refractivity contribution in [3.8, 4) is 0 Å². The summed E-state index contributed by atoms with van der Waals surface area (Å²) in [4.78, 5) is 41.3. The van der Waals surface area contributed by atoms with Gasteiger partial charge in [0.25, 0.3) is 11.5 Å². The lowest BCUT2D eigenvalue weighted by molar-refractivity contribution is -0.148. The van der Waals surface area contributed by atoms with Gasteiger partial charge in [-0.15, -0.1) is 0 Å². The monoisotopic (exact) mass is 421 g/mol. The Hall–Kier alpha value is -3.48. The molecule has 0 fully saturated rings. The highest BCUT2D eigenvalue weighted by atomic mass is 16.5. The maximum absolute atomic E-state index is 12.9. The standard InChI is InChI=1S/C24H27N3O4/c1-2-3-15-27-21-12-8-7-11-19(21)26-20(24(27)30)13-14-23(29)31-17-22(28)25-16-18-9-5-4-6-10-18/h4-12H,2-3,13-17H2,1H3,(H,25,28). The molecule has 31 heavy (non-hydrogen) atoms. The Morgan fingerprint density at radius 3 is 2.58 bits per heavy atom. The number of benzene rings is 2. The molecule has 0 spiro atoms. The Labute approximate surface area is 181 Å². The number of hydrogen-bond acceptors (Lipinski definition) is 5. The van der Waals surface area contributed by atoms with E-state index in [0.29, 0.717) is 18.8 Å². The highest BCUT2D eigenvalue weighted by molar-refractivity contribution is 5.80. The van der Waals surface area contributed by atoms with E-state index in [9.17, 15) is 14.4 Å². The summed E-state index contributed by atoms with van der Waals surface area (Å²) in [5.74, 6) is -0.910. The molecular formula is C24H27N3O4. The van der Waals surface area contributed by atoms with E-state index in [1.54, 1.807) is 4.57 Å². The molecule has 0 aliphatic rings. The predicted octanol–water partition coefficient (Wildman–Crippen LogP) is 2.99. The second-order valence-corrected chi connectivity index (χ2v) is 7.28. The summed E-state index contributed by atoms with van der Waals surface area (Å²) in [5, 5.41) is 2.70. The second kappa shape index (κ2) is 11.1. The summed E-state index contributed by atoms with van der Waals surface area (Å²) in [6.07, 6.45) is 2.01. The Morgan fingerprint density at radius 2 is 1.81 bits per heavy atom. The van der Waals surface area contributed by atoms with Crippen LogP contribution in [-0.4, -0.2) is 28.0 Å². The number of hydrogen-bond donors (Lipinski definition) is 1. The van der Waals surface area contributed by atoms with Crippen molar-refractivity contribution in [1.29, 1.82) is 0 Å². The second-order valence-electron chi connectivity index (χ2n) is 7.28. The molecule has 0 saturated heterocycles. The Bertz CT molecular complexity index is 1090. The van der Waals surface area contributed by atoms with E-state index in [1.165, 1.54) is 0 Å². The average molecular weight is 421 g/mol. The van der Waals surface area contributed by atoms with Crippen molar-refractivity contribution < 1.29 is 14.3 Å². The van der Waals surface area contributed by atoms with Gasteiger partial charge in [0.1, 0.15) is 5.69 Å². The van der Waals surface area contributed by atoms with E-state index in [4.69, 9.17) is 4.74 Å². The third-order valence-electron chi connectivity index (χ3n) is 4.92. The summed E-state index contributed by atoms with van der Waals surface area (Å²) in [5.41, 5.74) is 2.63. The van der Waals surface area contributed by atoms with Crippen molar-refractivity contribution in [3.05, 3.63) is 76.2 Å². The molecule has 0 radical (unpaired) electrons. The van der Waals surface area contributed by atoms with Crippen LogP contribution in [0, 0.1) is 0 Å². The molecule has 0 atom stereocenters. The summed E-state index contributed by atoms with van der Waals surface area (Å²) in [6, 6.07) is 17.0. The molecule has 3 rings (SSSR count). The Balaban J connectivity index is 1.55. The number of nitrogens with one attached hydrogen (secondary N) is 1. The van der Waals surface area contributed by atoms with Crippen LogP contribution in [-0.2, 0) is 33.8 Å². The molecule has 1 N–H and O–H groups in total. The SMILES string of the molecule is CCCCn1c(=O)c(CCC(=O)OCC(=O)NCc2ccccc2)nc2ccccc21. The minimum absolute atomic E-state index is 0.0136. The van der Waals surface area contributed by atoms with Crippen molar-refractivity contribution >= 4 is 22.9 Å². The summed E-state index contributed by atoms with van der Waals surface area (Å²) in [7, 11) is 0. The molecule has 1 amide bonds. The molecule has 2 aromatic carbocycles. The lowest BCUT2D eigenvalue weighted by Crippen LogP contribution is -2.29. The maximum Gasteiger partial charge on any atom is 0.306 e. The van der Waals surface area contributed by atoms with Crippen LogP contribution < -0.4 is 10.9 Å². The zero-order valence-corrected chi connectivity index (χ0v) is 17.7. The number of nitrogens with zero attached hydrogens (tertiary/aromatic N) is 2. The van der Waals surface area contributed by atoms with E-state index in [0.717, 1.165) is 29.4 Å². The number of rotatable bonds is 10. The zero-order chi connectivity index (χ0) is 22.1. The first-order valence-corrected chi connectivity index (χ1v) is 10.5. The minimum atomic E-state index is -0.538. The number of aromatic nitrogens is 2. The maximum atomic E-state index is 12.9. The van der Waals surface area contributed by atoms with Crippen molar-refractivity contribution in [2.75, 3.05) is 6.61 Å². The molecule has 0 aliphatic heterocycles. The molecule has 1 heterocycles. The van der Waals surface area contributed by atoms with Gasteiger partial charge in [-0.05, 0) is 24.1 Å². The number of fused-ring (bicyclic) bond motifs is 1. The minimum Gasteiger partial charge on any atom is -0.456 e. The molecule has 7 nitrogen and oxygen atoms in total. The number of ether oxygens (including phenoxy) is 1. The van der Waals surface area contributed by atoms with Crippen LogP contribution in [0.25, 0.3) is 11.0 Å². The van der Waals surface area contributed by atoms with Crippen molar-refractivity contribution in [1.82, 2.24) is 14.9 Å². The largest absolute Gasteiger partial charge is 0.456 e. The van der Waals surface area contributed by atoms with Gasteiger partial charge >= 0.3 is 5.97 Å². The molecule has 0 aliphatic carbocycles. The van der Waals surface area contributed by atoms with Crippen molar-refractivity contribution in [2.24, 2.45) is 0 Å². The van der Waals surface area contributed by atoms with Crippen molar-refractivity contribution in [2.45, 2.75) is 45.7 Å². The van der Waals surface area contributed by atoms with Gasteiger partial charge in [-0.2, -0.15) is 0 Å². The normalized spacial score (nSPS) is 10.7. The molecule has 0 saturated carbocycles. The lowest BCUT2D eigenvalue weighted by Gasteiger charge is -2.12. The Morgan fingerprint density at radius 1 is 1.06 bits per heavy atom. The molecule has 0 unspecified atom stereocenters. The number of carbonyl (C=O) groups is 2. The third-order valence-corrected chi connectivity index (χ3v) is 4.92. The number of amides is 1. The van der Waals surface area contributed by atoms with E-state index in [-0.39, 0.29) is 30.9 Å². The third kappa shape index (κ3) is 6.25. The van der Waals surface area contributed by atoms with Crippen LogP contribution in [0.5, 0.6) is 0 Å². The van der Waals surface area contributed by atoms with Crippen LogP contribution in [0.2, 0.25) is 0 Å². The lowest BCUT2D eigenvalue weighted by atomic mass is 10.2. The highest BCUT2D eigenvalue weighted by Crippen LogP contribution is 2.12. The van der Waals surface area contributed by atoms with Gasteiger partial charge in [-0.1, -0.05) is 55.8 Å². The fraction of sp³-hybridized carbons (Fsp3) is 0.333. The molecule has 3 aromatic rings. The van der Waals surface area contributed by atoms with Gasteiger partial charge in [0.05, 0.1) is 17.5 Å². The number of unbranched alkanes of at least 4 members (excludes halogenated alkanes) is 1. The fourth-order valence-electron chi connectivity index (χ4n) is 3.23. The summed E-state index contributed by atoms with van der Waals surface area (Å²) in [6.45, 7) is 2.70. The van der Waals surface area contributed by atoms with Gasteiger partial charge < -0.3 is 14.6 Å². The first-order chi connectivity index (χ1) is 15.1. The highest BCUT2D eigenvalue weighted by Gasteiger charge is 2.14. The zero-order valence-electron chi connectivity index (χ0n) is 17.7. The van der Waals surface area contributed by atoms with Crippen LogP contribution in [0.3, 0.4) is 0 Å². The number of para-hydroxylation sites is 2. The van der Waals surface area contributed by atoms with Gasteiger partial charge in [0.2, 0.25) is 0 Å². The first kappa shape index (κ1) is 22.2. The first-order valence-electron chi connectivity index (χ1n) is 10.5. The molecule has 0 bridgehead atoms. The van der Waals surface area contributed by atoms with E-state index >= 15 is 0 Å². The van der Waals surface area contributed by atoms with E-state index in [2.05, 4.69) is 17.2 Å². The Kier molecular flexibility index (Phi) is 7.92. The predicted molar refractivity (Wildman–Crippen MR) is 118 cm³/mol. The van der Waals surface area contributed by atoms with E-state index in [1.807, 2.05) is 54.6 Å². The van der Waals surface area contributed by atoms with Gasteiger partial charge in [-0.3, -0.25) is 14.4 Å². The molecule has 162 valence electrons. The molecule has 1 aromatic heterocycles. The number of esters is 1. The smallest absolute Gasteiger partial charge is 0.306 e. The quantitative estimate of drug-likeness (QED) is 0.508. The van der Waals surface area contributed by atoms with Crippen LogP contribution in [0.15, 0.2) is 59.4 Å². The topological polar surface area (TPSA) is 90.3 Å². The van der Waals surface area contributed by atoms with E-state index < -0.39 is 5.97 Å². The summed E-state index contributed by atoms with van der Waals surface area (Å²) < 4.78 is 6.77. The number of carbonyl (C=O) groups excluding carboxylic acids is 2. The molecular weight excluding hydrogens is 394 g/mol.